The molecule has 0 atom stereocenters. The molecule has 0 fully saturated rings. The number of rotatable bonds is 12. The van der Waals surface area contributed by atoms with Gasteiger partial charge in [0.1, 0.15) is 0 Å². The van der Waals surface area contributed by atoms with E-state index in [1.807, 2.05) is 109 Å². The van der Waals surface area contributed by atoms with Gasteiger partial charge in [0, 0.05) is 0 Å². The summed E-state index contributed by atoms with van der Waals surface area (Å²) in [7, 11) is 0. The summed E-state index contributed by atoms with van der Waals surface area (Å²) in [4.78, 5) is 0. The summed E-state index contributed by atoms with van der Waals surface area (Å²) < 4.78 is 0. The van der Waals surface area contributed by atoms with E-state index in [1.165, 1.54) is 0 Å². The van der Waals surface area contributed by atoms with Crippen molar-refractivity contribution in [2.24, 2.45) is 0 Å². The molecule has 0 unspecified atom stereocenters. The number of hydrogen-bond acceptors (Lipinski definition) is 6. The fourth-order valence-corrected chi connectivity index (χ4v) is 7.04. The normalized spacial score (nSPS) is 11.2. The highest BCUT2D eigenvalue weighted by Gasteiger charge is 2.18. The maximum Gasteiger partial charge on any atom is 0.0991 e. The lowest BCUT2D eigenvalue weighted by Gasteiger charge is -2.20. The van der Waals surface area contributed by atoms with Gasteiger partial charge in [-0.3, -0.25) is 0 Å². The van der Waals surface area contributed by atoms with E-state index in [2.05, 4.69) is 72.9 Å². The van der Waals surface area contributed by atoms with Crippen LogP contribution in [-0.4, -0.2) is 0 Å². The van der Waals surface area contributed by atoms with E-state index in [0.29, 0.717) is 33.4 Å². The second-order valence-corrected chi connectivity index (χ2v) is 14.9. The summed E-state index contributed by atoms with van der Waals surface area (Å²) in [5.74, 6) is 0. The molecule has 0 aliphatic heterocycles. The van der Waals surface area contributed by atoms with Gasteiger partial charge in [0.05, 0.1) is 69.8 Å². The van der Waals surface area contributed by atoms with Gasteiger partial charge in [-0.1, -0.05) is 146 Å². The molecule has 0 radical (unpaired) electrons. The predicted molar refractivity (Wildman–Crippen MR) is 267 cm³/mol. The first-order valence-electron chi connectivity index (χ1n) is 20.7. The molecule has 7 rings (SSSR count). The van der Waals surface area contributed by atoms with E-state index in [0.717, 1.165) is 66.8 Å². The van der Waals surface area contributed by atoms with E-state index < -0.39 is 0 Å². The summed E-state index contributed by atoms with van der Waals surface area (Å²) in [5, 5.41) is 57.3. The molecule has 0 saturated heterocycles. The average Bonchev–Trinajstić information content (AvgIpc) is 3.38. The Bertz CT molecular complexity index is 2720. The van der Waals surface area contributed by atoms with E-state index in [9.17, 15) is 31.6 Å². The van der Waals surface area contributed by atoms with Crippen LogP contribution in [0.15, 0.2) is 146 Å². The van der Waals surface area contributed by atoms with Crippen LogP contribution in [0, 0.1) is 68.0 Å². The lowest BCUT2D eigenvalue weighted by atomic mass is 9.83. The minimum atomic E-state index is 0.549. The minimum absolute atomic E-state index is 0.549. The molecule has 0 saturated carbocycles. The van der Waals surface area contributed by atoms with Crippen LogP contribution in [0.1, 0.15) is 100 Å². The van der Waals surface area contributed by atoms with Gasteiger partial charge in [0.15, 0.2) is 0 Å². The smallest absolute Gasteiger partial charge is 0.0991 e. The highest BCUT2D eigenvalue weighted by molar-refractivity contribution is 5.99. The molecule has 6 nitrogen and oxygen atoms in total. The van der Waals surface area contributed by atoms with Crippen LogP contribution >= 0.6 is 0 Å². The summed E-state index contributed by atoms with van der Waals surface area (Å²) in [6.45, 7) is 0. The van der Waals surface area contributed by atoms with Gasteiger partial charge >= 0.3 is 0 Å². The average molecular weight is 841 g/mol. The Hall–Kier alpha value is -10.1. The molecule has 0 aliphatic rings. The Morgan fingerprint density at radius 1 is 0.182 bits per heavy atom. The summed E-state index contributed by atoms with van der Waals surface area (Å²) in [6, 6.07) is 57.4. The highest BCUT2D eigenvalue weighted by atomic mass is 14.3. The van der Waals surface area contributed by atoms with Crippen molar-refractivity contribution in [2.75, 3.05) is 0 Å². The third-order valence-corrected chi connectivity index (χ3v) is 10.6. The molecule has 0 spiro atoms. The van der Waals surface area contributed by atoms with Crippen LogP contribution in [0.3, 0.4) is 0 Å². The molecule has 306 valence electrons. The van der Waals surface area contributed by atoms with Crippen LogP contribution < -0.4 is 0 Å². The zero-order chi connectivity index (χ0) is 46.1. The zero-order valence-electron chi connectivity index (χ0n) is 35.5. The standard InChI is InChI=1S/C60H36N6/c61-37-49-13-1-43(2-14-49)25-31-55-56(32-26-44-3-15-50(38-62)16-4-44)58(34-28-46-7-19-52(40-64)20-8-46)60(36-30-48-11-23-54(42-66)24-12-48)59(35-29-47-9-21-53(41-65)22-10-47)57(55)33-27-45-5-17-51(39-63)18-6-45/h1-36H. The Labute approximate surface area is 385 Å². The summed E-state index contributed by atoms with van der Waals surface area (Å²) >= 11 is 0. The fourth-order valence-electron chi connectivity index (χ4n) is 7.04. The van der Waals surface area contributed by atoms with E-state index >= 15 is 0 Å². The lowest BCUT2D eigenvalue weighted by molar-refractivity contribution is 1.47. The van der Waals surface area contributed by atoms with E-state index in [-0.39, 0.29) is 0 Å². The van der Waals surface area contributed by atoms with Crippen molar-refractivity contribution in [1.82, 2.24) is 0 Å². The fraction of sp³-hybridized carbons (Fsp3) is 0. The Kier molecular flexibility index (Phi) is 14.4. The Morgan fingerprint density at radius 3 is 0.409 bits per heavy atom. The molecule has 66 heavy (non-hydrogen) atoms. The Balaban J connectivity index is 1.60. The van der Waals surface area contributed by atoms with Crippen molar-refractivity contribution in [3.8, 4) is 36.4 Å². The number of benzene rings is 7. The van der Waals surface area contributed by atoms with Gasteiger partial charge in [-0.05, 0) is 140 Å². The third kappa shape index (κ3) is 11.2. The predicted octanol–water partition coefficient (Wildman–Crippen LogP) is 13.9. The number of hydrogen-bond donors (Lipinski definition) is 0. The molecule has 6 heteroatoms. The first-order chi connectivity index (χ1) is 32.4. The van der Waals surface area contributed by atoms with Gasteiger partial charge in [0.25, 0.3) is 0 Å². The molecule has 7 aromatic carbocycles. The summed E-state index contributed by atoms with van der Waals surface area (Å²) in [6.07, 6.45) is 24.5. The molecule has 0 aromatic heterocycles. The molecule has 0 bridgehead atoms. The lowest BCUT2D eigenvalue weighted by Crippen LogP contribution is -2.01. The molecular weight excluding hydrogens is 805 g/mol. The molecule has 0 N–H and O–H groups in total. The van der Waals surface area contributed by atoms with E-state index in [4.69, 9.17) is 0 Å². The van der Waals surface area contributed by atoms with Gasteiger partial charge < -0.3 is 0 Å². The van der Waals surface area contributed by atoms with Crippen LogP contribution in [0.25, 0.3) is 72.9 Å². The van der Waals surface area contributed by atoms with Crippen molar-refractivity contribution in [3.05, 3.63) is 246 Å². The minimum Gasteiger partial charge on any atom is -0.192 e. The Morgan fingerprint density at radius 2 is 0.303 bits per heavy atom. The first-order valence-corrected chi connectivity index (χ1v) is 20.7. The van der Waals surface area contributed by atoms with Crippen molar-refractivity contribution >= 4 is 72.9 Å². The monoisotopic (exact) mass is 840 g/mol. The van der Waals surface area contributed by atoms with Crippen molar-refractivity contribution in [2.45, 2.75) is 0 Å². The first kappa shape index (κ1) is 44.0. The topological polar surface area (TPSA) is 143 Å². The van der Waals surface area contributed by atoms with Gasteiger partial charge in [-0.25, -0.2) is 0 Å². The van der Waals surface area contributed by atoms with Crippen molar-refractivity contribution in [3.63, 3.8) is 0 Å². The quantitative estimate of drug-likeness (QED) is 0.112. The zero-order valence-corrected chi connectivity index (χ0v) is 35.5. The number of nitrogens with zero attached hydrogens (tertiary/aromatic N) is 6. The third-order valence-electron chi connectivity index (χ3n) is 10.6. The molecule has 0 aliphatic carbocycles. The molecular formula is C60H36N6. The summed E-state index contributed by atoms with van der Waals surface area (Å²) in [5.41, 5.74) is 13.8. The molecule has 7 aromatic rings. The molecule has 0 heterocycles. The van der Waals surface area contributed by atoms with E-state index in [1.54, 1.807) is 72.8 Å². The van der Waals surface area contributed by atoms with Crippen molar-refractivity contribution in [1.29, 1.82) is 31.6 Å². The maximum atomic E-state index is 9.54. The van der Waals surface area contributed by atoms with Gasteiger partial charge in [-0.15, -0.1) is 0 Å². The molecule has 0 amide bonds. The number of nitriles is 6. The second kappa shape index (κ2) is 21.6. The SMILES string of the molecule is N#Cc1ccc(C=Cc2c(C=Cc3ccc(C#N)cc3)c(C=Cc3ccc(C#N)cc3)c(C=Cc3ccc(C#N)cc3)c(C=Cc3ccc(C#N)cc3)c2C=Cc2ccc(C#N)cc2)cc1. The maximum absolute atomic E-state index is 9.54. The van der Waals surface area contributed by atoms with Gasteiger partial charge in [-0.2, -0.15) is 31.6 Å². The van der Waals surface area contributed by atoms with Crippen LogP contribution in [0.4, 0.5) is 0 Å². The van der Waals surface area contributed by atoms with Crippen LogP contribution in [0.2, 0.25) is 0 Å². The van der Waals surface area contributed by atoms with Crippen LogP contribution in [0.5, 0.6) is 0 Å². The van der Waals surface area contributed by atoms with Crippen molar-refractivity contribution < 1.29 is 0 Å². The highest BCUT2D eigenvalue weighted by Crippen LogP contribution is 2.37. The van der Waals surface area contributed by atoms with Crippen LogP contribution in [-0.2, 0) is 0 Å². The second-order valence-electron chi connectivity index (χ2n) is 14.9. The van der Waals surface area contributed by atoms with Gasteiger partial charge in [0.2, 0.25) is 0 Å². The largest absolute Gasteiger partial charge is 0.192 e.